The molecule has 136 valence electrons. The van der Waals surface area contributed by atoms with E-state index in [1.54, 1.807) is 10.9 Å². The maximum Gasteiger partial charge on any atom is 0.338 e. The van der Waals surface area contributed by atoms with Gasteiger partial charge in [0.25, 0.3) is 0 Å². The topological polar surface area (TPSA) is 75.4 Å². The van der Waals surface area contributed by atoms with Gasteiger partial charge < -0.3 is 10.0 Å². The second kappa shape index (κ2) is 6.59. The average molecular weight is 353 g/mol. The summed E-state index contributed by atoms with van der Waals surface area (Å²) >= 11 is 0. The van der Waals surface area contributed by atoms with Crippen LogP contribution in [0.15, 0.2) is 36.7 Å². The molecule has 0 radical (unpaired) electrons. The normalized spacial score (nSPS) is 23.0. The summed E-state index contributed by atoms with van der Waals surface area (Å²) in [7, 11) is 0. The van der Waals surface area contributed by atoms with Crippen LogP contribution in [0.2, 0.25) is 0 Å². The van der Waals surface area contributed by atoms with Crippen LogP contribution in [0.25, 0.3) is 0 Å². The first kappa shape index (κ1) is 16.8. The molecule has 26 heavy (non-hydrogen) atoms. The van der Waals surface area contributed by atoms with Crippen LogP contribution < -0.4 is 0 Å². The van der Waals surface area contributed by atoms with Gasteiger partial charge in [-0.25, -0.2) is 4.79 Å². The molecule has 1 saturated heterocycles. The summed E-state index contributed by atoms with van der Waals surface area (Å²) in [6.45, 7) is 3.53. The van der Waals surface area contributed by atoms with E-state index in [0.717, 1.165) is 19.3 Å². The van der Waals surface area contributed by atoms with Crippen molar-refractivity contribution in [2.75, 3.05) is 13.1 Å². The molecule has 1 aromatic heterocycles. The van der Waals surface area contributed by atoms with Crippen molar-refractivity contribution in [2.24, 2.45) is 5.92 Å². The number of carboxylic acid groups (broad SMARTS) is 1. The number of aromatic nitrogens is 2. The van der Waals surface area contributed by atoms with E-state index in [2.05, 4.69) is 24.2 Å². The summed E-state index contributed by atoms with van der Waals surface area (Å²) in [4.78, 5) is 25.8. The maximum absolute atomic E-state index is 12.8. The molecule has 4 rings (SSSR count). The number of rotatable bonds is 4. The lowest BCUT2D eigenvalue weighted by Gasteiger charge is -2.32. The van der Waals surface area contributed by atoms with Crippen LogP contribution >= 0.6 is 0 Å². The minimum Gasteiger partial charge on any atom is -0.478 e. The third kappa shape index (κ3) is 3.11. The molecule has 2 fully saturated rings. The Labute approximate surface area is 152 Å². The molecular formula is C20H23N3O3. The minimum atomic E-state index is -0.958. The lowest BCUT2D eigenvalue weighted by atomic mass is 10.0. The Morgan fingerprint density at radius 2 is 1.92 bits per heavy atom. The van der Waals surface area contributed by atoms with Gasteiger partial charge in [-0.05, 0) is 43.2 Å². The molecule has 1 saturated carbocycles. The molecule has 6 heteroatoms. The van der Waals surface area contributed by atoms with Crippen molar-refractivity contribution in [2.45, 2.75) is 38.1 Å². The van der Waals surface area contributed by atoms with Crippen LogP contribution in [0.1, 0.15) is 52.7 Å². The van der Waals surface area contributed by atoms with Crippen LogP contribution in [-0.2, 0) is 4.79 Å². The highest BCUT2D eigenvalue weighted by molar-refractivity contribution is 5.86. The number of benzene rings is 1. The summed E-state index contributed by atoms with van der Waals surface area (Å²) in [6.07, 6.45) is 5.55. The molecule has 0 spiro atoms. The van der Waals surface area contributed by atoms with Crippen molar-refractivity contribution in [3.63, 3.8) is 0 Å². The molecule has 2 heterocycles. The SMILES string of the molecule is Cc1ccccc1C1CC1C(=O)N1CCC(n2cc(C(=O)O)cn2)CC1. The van der Waals surface area contributed by atoms with Gasteiger partial charge in [0.05, 0.1) is 17.8 Å². The fourth-order valence-electron chi connectivity index (χ4n) is 4.05. The number of amides is 1. The lowest BCUT2D eigenvalue weighted by molar-refractivity contribution is -0.134. The van der Waals surface area contributed by atoms with Crippen molar-refractivity contribution in [1.29, 1.82) is 0 Å². The number of aromatic carboxylic acids is 1. The first-order chi connectivity index (χ1) is 12.5. The molecule has 2 atom stereocenters. The molecule has 1 amide bonds. The first-order valence-electron chi connectivity index (χ1n) is 9.16. The standard InChI is InChI=1S/C20H23N3O3/c1-13-4-2-3-5-16(13)17-10-18(17)19(24)22-8-6-15(7-9-22)23-12-14(11-21-23)20(25)26/h2-5,11-12,15,17-18H,6-10H2,1H3,(H,25,26). The number of hydrogen-bond acceptors (Lipinski definition) is 3. The summed E-state index contributed by atoms with van der Waals surface area (Å²) in [6, 6.07) is 8.49. The van der Waals surface area contributed by atoms with Crippen LogP contribution in [0.4, 0.5) is 0 Å². The Bertz CT molecular complexity index is 836. The zero-order valence-corrected chi connectivity index (χ0v) is 14.8. The Hall–Kier alpha value is -2.63. The molecule has 6 nitrogen and oxygen atoms in total. The number of nitrogens with zero attached hydrogens (tertiary/aromatic N) is 3. The van der Waals surface area contributed by atoms with Crippen molar-refractivity contribution in [3.05, 3.63) is 53.3 Å². The molecule has 2 aromatic rings. The largest absolute Gasteiger partial charge is 0.478 e. The predicted octanol–water partition coefficient (Wildman–Crippen LogP) is 2.86. The van der Waals surface area contributed by atoms with Crippen LogP contribution in [0.3, 0.4) is 0 Å². The van der Waals surface area contributed by atoms with E-state index in [1.807, 2.05) is 17.0 Å². The van der Waals surface area contributed by atoms with Crippen LogP contribution in [0, 0.1) is 12.8 Å². The maximum atomic E-state index is 12.8. The van der Waals surface area contributed by atoms with Crippen molar-refractivity contribution in [1.82, 2.24) is 14.7 Å². The summed E-state index contributed by atoms with van der Waals surface area (Å²) in [5.41, 5.74) is 2.78. The summed E-state index contributed by atoms with van der Waals surface area (Å²) < 4.78 is 1.73. The molecule has 1 aliphatic carbocycles. The predicted molar refractivity (Wildman–Crippen MR) is 96.1 cm³/mol. The van der Waals surface area contributed by atoms with Gasteiger partial charge >= 0.3 is 5.97 Å². The van der Waals surface area contributed by atoms with E-state index in [1.165, 1.54) is 17.3 Å². The van der Waals surface area contributed by atoms with E-state index >= 15 is 0 Å². The highest BCUT2D eigenvalue weighted by Crippen LogP contribution is 2.49. The molecule has 1 aliphatic heterocycles. The molecule has 0 bridgehead atoms. The highest BCUT2D eigenvalue weighted by atomic mass is 16.4. The van der Waals surface area contributed by atoms with Crippen molar-refractivity contribution in [3.8, 4) is 0 Å². The zero-order valence-electron chi connectivity index (χ0n) is 14.8. The second-order valence-electron chi connectivity index (χ2n) is 7.38. The van der Waals surface area contributed by atoms with Crippen molar-refractivity contribution < 1.29 is 14.7 Å². The number of aryl methyl sites for hydroxylation is 1. The number of hydrogen-bond donors (Lipinski definition) is 1. The van der Waals surface area contributed by atoms with E-state index in [-0.39, 0.29) is 23.4 Å². The van der Waals surface area contributed by atoms with Crippen LogP contribution in [-0.4, -0.2) is 44.8 Å². The fraction of sp³-hybridized carbons (Fsp3) is 0.450. The van der Waals surface area contributed by atoms with E-state index in [9.17, 15) is 9.59 Å². The number of carbonyl (C=O) groups excluding carboxylic acids is 1. The highest BCUT2D eigenvalue weighted by Gasteiger charge is 2.46. The molecule has 1 N–H and O–H groups in total. The number of piperidine rings is 1. The monoisotopic (exact) mass is 353 g/mol. The molecule has 1 aromatic carbocycles. The van der Waals surface area contributed by atoms with Gasteiger partial charge in [0.15, 0.2) is 0 Å². The quantitative estimate of drug-likeness (QED) is 0.917. The Morgan fingerprint density at radius 1 is 1.19 bits per heavy atom. The third-order valence-electron chi connectivity index (χ3n) is 5.69. The molecule has 2 aliphatic rings. The van der Waals surface area contributed by atoms with Crippen molar-refractivity contribution >= 4 is 11.9 Å². The minimum absolute atomic E-state index is 0.121. The first-order valence-corrected chi connectivity index (χ1v) is 9.16. The fourth-order valence-corrected chi connectivity index (χ4v) is 4.05. The zero-order chi connectivity index (χ0) is 18.3. The Morgan fingerprint density at radius 3 is 2.58 bits per heavy atom. The average Bonchev–Trinajstić information content (AvgIpc) is 3.27. The molecule has 2 unspecified atom stereocenters. The summed E-state index contributed by atoms with van der Waals surface area (Å²) in [5.74, 6) is -0.204. The number of carbonyl (C=O) groups is 2. The van der Waals surface area contributed by atoms with Gasteiger partial charge in [0.1, 0.15) is 0 Å². The Kier molecular flexibility index (Phi) is 4.26. The molecular weight excluding hydrogens is 330 g/mol. The third-order valence-corrected chi connectivity index (χ3v) is 5.69. The van der Waals surface area contributed by atoms with Gasteiger partial charge in [0.2, 0.25) is 5.91 Å². The van der Waals surface area contributed by atoms with E-state index < -0.39 is 5.97 Å². The lowest BCUT2D eigenvalue weighted by Crippen LogP contribution is -2.40. The van der Waals surface area contributed by atoms with Gasteiger partial charge in [-0.3, -0.25) is 9.48 Å². The van der Waals surface area contributed by atoms with Gasteiger partial charge in [-0.15, -0.1) is 0 Å². The number of likely N-dealkylation sites (tertiary alicyclic amines) is 1. The smallest absolute Gasteiger partial charge is 0.338 e. The van der Waals surface area contributed by atoms with Gasteiger partial charge in [-0.2, -0.15) is 5.10 Å². The van der Waals surface area contributed by atoms with Gasteiger partial charge in [0, 0.05) is 25.2 Å². The van der Waals surface area contributed by atoms with Crippen LogP contribution in [0.5, 0.6) is 0 Å². The number of carboxylic acids is 1. The van der Waals surface area contributed by atoms with Gasteiger partial charge in [-0.1, -0.05) is 24.3 Å². The van der Waals surface area contributed by atoms with E-state index in [4.69, 9.17) is 5.11 Å². The van der Waals surface area contributed by atoms with E-state index in [0.29, 0.717) is 19.0 Å². The Balaban J connectivity index is 1.34. The second-order valence-corrected chi connectivity index (χ2v) is 7.38. The summed E-state index contributed by atoms with van der Waals surface area (Å²) in [5, 5.41) is 13.2.